The summed E-state index contributed by atoms with van der Waals surface area (Å²) in [6, 6.07) is 6.13. The first kappa shape index (κ1) is 31.4. The van der Waals surface area contributed by atoms with Gasteiger partial charge in [-0.2, -0.15) is 0 Å². The minimum Gasteiger partial charge on any atom is -0.343 e. The Bertz CT molecular complexity index is 1110. The minimum atomic E-state index is -4.09. The van der Waals surface area contributed by atoms with Crippen molar-refractivity contribution in [2.24, 2.45) is 7.05 Å². The molecule has 0 saturated carbocycles. The molecule has 1 aliphatic heterocycles. The molecule has 1 aromatic carbocycles. The fraction of sp³-hybridized carbons (Fsp3) is 0.435. The molecule has 1 aliphatic rings. The van der Waals surface area contributed by atoms with Gasteiger partial charge in [0.25, 0.3) is 5.91 Å². The number of hydrogen-bond acceptors (Lipinski definition) is 7. The Labute approximate surface area is 216 Å². The lowest BCUT2D eigenvalue weighted by atomic mass is 10.1. The lowest BCUT2D eigenvalue weighted by Crippen LogP contribution is -2.43. The largest absolute Gasteiger partial charge is 0.343 e. The second-order valence-corrected chi connectivity index (χ2v) is 10.0. The fourth-order valence-corrected chi connectivity index (χ4v) is 4.80. The van der Waals surface area contributed by atoms with Crippen LogP contribution in [-0.2, 0) is 26.7 Å². The highest BCUT2D eigenvalue weighted by Crippen LogP contribution is 2.23. The summed E-state index contributed by atoms with van der Waals surface area (Å²) in [6.45, 7) is 4.66. The van der Waals surface area contributed by atoms with E-state index in [1.165, 1.54) is 17.7 Å². The first-order chi connectivity index (χ1) is 17.0. The van der Waals surface area contributed by atoms with E-state index in [-0.39, 0.29) is 24.3 Å². The second-order valence-electron chi connectivity index (χ2n) is 7.91. The van der Waals surface area contributed by atoms with Gasteiger partial charge in [-0.15, -0.1) is 0 Å². The third kappa shape index (κ3) is 9.78. The molecular weight excluding hydrogens is 513 g/mol. The highest BCUT2D eigenvalue weighted by molar-refractivity contribution is 7.89. The van der Waals surface area contributed by atoms with Crippen LogP contribution in [-0.4, -0.2) is 76.1 Å². The van der Waals surface area contributed by atoms with E-state index in [2.05, 4.69) is 27.2 Å². The molecule has 0 radical (unpaired) electrons. The predicted molar refractivity (Wildman–Crippen MR) is 137 cm³/mol. The summed E-state index contributed by atoms with van der Waals surface area (Å²) >= 11 is 5.88. The van der Waals surface area contributed by atoms with Crippen LogP contribution in [0.15, 0.2) is 35.4 Å². The number of likely N-dealkylation sites (tertiary alicyclic amines) is 1. The van der Waals surface area contributed by atoms with E-state index < -0.39 is 26.6 Å². The maximum Gasteiger partial charge on any atom is 0.275 e. The van der Waals surface area contributed by atoms with E-state index in [1.807, 2.05) is 14.1 Å². The number of benzene rings is 1. The summed E-state index contributed by atoms with van der Waals surface area (Å²) < 4.78 is 44.0. The summed E-state index contributed by atoms with van der Waals surface area (Å²) in [6.07, 6.45) is 2.79. The van der Waals surface area contributed by atoms with Crippen LogP contribution >= 0.6 is 11.6 Å². The highest BCUT2D eigenvalue weighted by Gasteiger charge is 2.31. The molecular formula is C23H33ClFN5O5S. The monoisotopic (exact) mass is 545 g/mol. The molecule has 200 valence electrons. The number of aldehydes is 2. The zero-order valence-corrected chi connectivity index (χ0v) is 22.3. The maximum absolute atomic E-state index is 14.9. The van der Waals surface area contributed by atoms with Gasteiger partial charge in [0.2, 0.25) is 10.0 Å². The number of hydrogen-bond donors (Lipinski definition) is 3. The van der Waals surface area contributed by atoms with E-state index in [1.54, 1.807) is 18.2 Å². The van der Waals surface area contributed by atoms with Crippen molar-refractivity contribution in [2.75, 3.05) is 39.0 Å². The summed E-state index contributed by atoms with van der Waals surface area (Å²) in [5.74, 6) is -1.84. The number of carbonyl (C=O) groups excluding carboxylic acids is 3. The summed E-state index contributed by atoms with van der Waals surface area (Å²) in [5, 5.41) is 5.87. The Hall–Kier alpha value is -2.64. The molecule has 2 heterocycles. The van der Waals surface area contributed by atoms with E-state index in [0.29, 0.717) is 23.6 Å². The number of piperidine rings is 1. The van der Waals surface area contributed by atoms with Crippen molar-refractivity contribution in [3.63, 3.8) is 0 Å². The number of rotatable bonds is 7. The minimum absolute atomic E-state index is 0.194. The fourth-order valence-electron chi connectivity index (χ4n) is 3.18. The number of halogens is 2. The van der Waals surface area contributed by atoms with Crippen molar-refractivity contribution in [1.82, 2.24) is 19.5 Å². The quantitative estimate of drug-likeness (QED) is 0.358. The Balaban J connectivity index is 0.000000709. The maximum atomic E-state index is 14.9. The molecule has 0 spiro atoms. The number of nitrogens with one attached hydrogen (secondary N) is 3. The van der Waals surface area contributed by atoms with Crippen LogP contribution < -0.4 is 15.4 Å². The molecule has 1 aromatic heterocycles. The lowest BCUT2D eigenvalue weighted by Gasteiger charge is -2.29. The zero-order valence-electron chi connectivity index (χ0n) is 20.8. The standard InChI is InChI=1S/C18H22ClFN4O3S.C3H9N.C2H2O2/c1-23-8-6-13(7-9-23)22-28(26,27)15-11-24(2)17(16(15)20)18(25)21-14-5-3-4-12(19)10-14;1-3-4-2;3-1-2-4/h3-5,10-11,13,22H,6-9H2,1-2H3,(H,21,25);4H,3H2,1-2H3;1-2H. The third-order valence-electron chi connectivity index (χ3n) is 5.12. The molecule has 36 heavy (non-hydrogen) atoms. The SMILES string of the molecule is CCNC.CN1CCC(NS(=O)(=O)c2cn(C)c(C(=O)Nc3cccc(Cl)c3)c2F)CC1.O=CC=O. The van der Waals surface area contributed by atoms with Crippen molar-refractivity contribution < 1.29 is 27.2 Å². The molecule has 1 saturated heterocycles. The molecule has 0 aliphatic carbocycles. The Morgan fingerprint density at radius 2 is 1.78 bits per heavy atom. The van der Waals surface area contributed by atoms with Crippen molar-refractivity contribution in [2.45, 2.75) is 30.7 Å². The average Bonchev–Trinajstić information content (AvgIpc) is 3.15. The number of amides is 1. The Morgan fingerprint density at radius 1 is 1.19 bits per heavy atom. The molecule has 1 fully saturated rings. The Kier molecular flexibility index (Phi) is 13.5. The van der Waals surface area contributed by atoms with E-state index in [9.17, 15) is 17.6 Å². The van der Waals surface area contributed by atoms with Crippen LogP contribution in [0.4, 0.5) is 10.1 Å². The second kappa shape index (κ2) is 15.5. The van der Waals surface area contributed by atoms with E-state index in [4.69, 9.17) is 21.2 Å². The van der Waals surface area contributed by atoms with Gasteiger partial charge >= 0.3 is 0 Å². The summed E-state index contributed by atoms with van der Waals surface area (Å²) in [4.78, 5) is 31.7. The first-order valence-electron chi connectivity index (χ1n) is 11.2. The van der Waals surface area contributed by atoms with Crippen LogP contribution in [0, 0.1) is 5.82 Å². The molecule has 0 bridgehead atoms. The van der Waals surface area contributed by atoms with E-state index in [0.717, 1.165) is 25.8 Å². The average molecular weight is 546 g/mol. The van der Waals surface area contributed by atoms with Crippen LogP contribution in [0.3, 0.4) is 0 Å². The van der Waals surface area contributed by atoms with Gasteiger partial charge in [0, 0.05) is 30.0 Å². The molecule has 1 amide bonds. The van der Waals surface area contributed by atoms with Crippen LogP contribution in [0.5, 0.6) is 0 Å². The summed E-state index contributed by atoms with van der Waals surface area (Å²) in [5.41, 5.74) is 0.00989. The zero-order chi connectivity index (χ0) is 27.3. The van der Waals surface area contributed by atoms with Crippen molar-refractivity contribution in [3.8, 4) is 0 Å². The van der Waals surface area contributed by atoms with Crippen molar-refractivity contribution >= 4 is 45.8 Å². The van der Waals surface area contributed by atoms with Gasteiger partial charge < -0.3 is 20.1 Å². The summed E-state index contributed by atoms with van der Waals surface area (Å²) in [7, 11) is 1.23. The van der Waals surface area contributed by atoms with Gasteiger partial charge in [0.15, 0.2) is 18.4 Å². The molecule has 3 N–H and O–H groups in total. The number of carbonyl (C=O) groups is 3. The normalized spacial score (nSPS) is 14.1. The van der Waals surface area contributed by atoms with Gasteiger partial charge in [-0.3, -0.25) is 14.4 Å². The van der Waals surface area contributed by atoms with Gasteiger partial charge in [-0.25, -0.2) is 17.5 Å². The predicted octanol–water partition coefficient (Wildman–Crippen LogP) is 2.05. The highest BCUT2D eigenvalue weighted by atomic mass is 35.5. The van der Waals surface area contributed by atoms with E-state index >= 15 is 0 Å². The van der Waals surface area contributed by atoms with Crippen LogP contribution in [0.25, 0.3) is 0 Å². The molecule has 10 nitrogen and oxygen atoms in total. The molecule has 2 aromatic rings. The molecule has 0 atom stereocenters. The van der Waals surface area contributed by atoms with Crippen molar-refractivity contribution in [1.29, 1.82) is 0 Å². The number of nitrogens with zero attached hydrogens (tertiary/aromatic N) is 2. The lowest BCUT2D eigenvalue weighted by molar-refractivity contribution is -0.122. The Morgan fingerprint density at radius 3 is 2.28 bits per heavy atom. The third-order valence-corrected chi connectivity index (χ3v) is 6.87. The van der Waals surface area contributed by atoms with Gasteiger partial charge in [0.05, 0.1) is 0 Å². The number of anilines is 1. The van der Waals surface area contributed by atoms with Gasteiger partial charge in [0.1, 0.15) is 10.6 Å². The van der Waals surface area contributed by atoms with Crippen LogP contribution in [0.2, 0.25) is 5.02 Å². The smallest absolute Gasteiger partial charge is 0.275 e. The topological polar surface area (TPSA) is 130 Å². The first-order valence-corrected chi connectivity index (χ1v) is 13.0. The number of aromatic nitrogens is 1. The van der Waals surface area contributed by atoms with Gasteiger partial charge in [-0.05, 0) is 64.8 Å². The van der Waals surface area contributed by atoms with Crippen molar-refractivity contribution in [3.05, 3.63) is 47.0 Å². The molecule has 13 heteroatoms. The number of aryl methyl sites for hydroxylation is 1. The van der Waals surface area contributed by atoms with Gasteiger partial charge in [-0.1, -0.05) is 24.6 Å². The molecule has 3 rings (SSSR count). The number of sulfonamides is 1. The van der Waals surface area contributed by atoms with Crippen LogP contribution in [0.1, 0.15) is 30.3 Å². The molecule has 0 unspecified atom stereocenters.